The third kappa shape index (κ3) is 2.56. The Balaban J connectivity index is 1.99. The van der Waals surface area contributed by atoms with E-state index in [9.17, 15) is 4.79 Å². The van der Waals surface area contributed by atoms with Gasteiger partial charge in [0.15, 0.2) is 0 Å². The third-order valence-electron chi connectivity index (χ3n) is 4.20. The molecule has 5 nitrogen and oxygen atoms in total. The maximum absolute atomic E-state index is 10.9. The number of aliphatic carboxylic acids is 1. The van der Waals surface area contributed by atoms with Gasteiger partial charge in [0, 0.05) is 5.57 Å². The number of nitrogens with two attached hydrogens (primary N) is 1. The summed E-state index contributed by atoms with van der Waals surface area (Å²) >= 11 is 0. The van der Waals surface area contributed by atoms with Crippen LogP contribution in [-0.4, -0.2) is 21.0 Å². The van der Waals surface area contributed by atoms with Gasteiger partial charge in [0.1, 0.15) is 5.82 Å². The number of fused-ring (bicyclic) bond motifs is 1. The summed E-state index contributed by atoms with van der Waals surface area (Å²) in [4.78, 5) is 18.8. The van der Waals surface area contributed by atoms with Gasteiger partial charge in [-0.1, -0.05) is 18.9 Å². The number of aromatic nitrogens is 2. The maximum Gasteiger partial charge on any atom is 0.331 e. The van der Waals surface area contributed by atoms with Gasteiger partial charge >= 0.3 is 5.97 Å². The van der Waals surface area contributed by atoms with Crippen molar-refractivity contribution in [2.45, 2.75) is 38.1 Å². The first-order valence-electron chi connectivity index (χ1n) is 7.19. The van der Waals surface area contributed by atoms with E-state index in [0.717, 1.165) is 48.1 Å². The molecule has 0 radical (unpaired) electrons. The summed E-state index contributed by atoms with van der Waals surface area (Å²) in [5.74, 6) is -0.0734. The fourth-order valence-corrected chi connectivity index (χ4v) is 2.90. The number of imidazole rings is 1. The highest BCUT2D eigenvalue weighted by Crippen LogP contribution is 2.35. The predicted octanol–water partition coefficient (Wildman–Crippen LogP) is 2.78. The Morgan fingerprint density at radius 3 is 2.81 bits per heavy atom. The van der Waals surface area contributed by atoms with Gasteiger partial charge in [-0.3, -0.25) is 0 Å². The summed E-state index contributed by atoms with van der Waals surface area (Å²) in [6.07, 6.45) is 5.83. The van der Waals surface area contributed by atoms with E-state index in [2.05, 4.69) is 9.97 Å². The van der Waals surface area contributed by atoms with Gasteiger partial charge in [0.25, 0.3) is 0 Å². The molecule has 3 rings (SSSR count). The molecule has 0 amide bonds. The predicted molar refractivity (Wildman–Crippen MR) is 81.7 cm³/mol. The van der Waals surface area contributed by atoms with E-state index in [1.807, 2.05) is 18.2 Å². The number of nitrogens with zero attached hydrogens (tertiary/aromatic N) is 1. The summed E-state index contributed by atoms with van der Waals surface area (Å²) in [5.41, 5.74) is 8.98. The van der Waals surface area contributed by atoms with Crippen LogP contribution in [0.3, 0.4) is 0 Å². The molecule has 4 N–H and O–H groups in total. The second-order valence-corrected chi connectivity index (χ2v) is 5.86. The van der Waals surface area contributed by atoms with Crippen LogP contribution in [0.2, 0.25) is 0 Å². The van der Waals surface area contributed by atoms with Crippen LogP contribution in [-0.2, 0) is 10.3 Å². The van der Waals surface area contributed by atoms with Gasteiger partial charge in [-0.25, -0.2) is 9.78 Å². The van der Waals surface area contributed by atoms with Crippen molar-refractivity contribution in [1.82, 2.24) is 9.97 Å². The van der Waals surface area contributed by atoms with Crippen molar-refractivity contribution in [1.29, 1.82) is 0 Å². The zero-order valence-corrected chi connectivity index (χ0v) is 12.0. The number of aromatic amines is 1. The molecule has 5 heteroatoms. The van der Waals surface area contributed by atoms with Crippen molar-refractivity contribution in [2.24, 2.45) is 5.73 Å². The summed E-state index contributed by atoms with van der Waals surface area (Å²) in [6, 6.07) is 5.69. The first kappa shape index (κ1) is 13.8. The van der Waals surface area contributed by atoms with E-state index in [1.54, 1.807) is 13.0 Å². The second kappa shape index (κ2) is 5.00. The molecule has 0 saturated heterocycles. The van der Waals surface area contributed by atoms with Crippen LogP contribution in [0.15, 0.2) is 23.8 Å². The molecule has 0 aliphatic heterocycles. The van der Waals surface area contributed by atoms with E-state index in [4.69, 9.17) is 10.8 Å². The fourth-order valence-electron chi connectivity index (χ4n) is 2.90. The highest BCUT2D eigenvalue weighted by molar-refractivity contribution is 5.92. The summed E-state index contributed by atoms with van der Waals surface area (Å²) in [6.45, 7) is 1.58. The standard InChI is InChI=1S/C16H19N3O2/c1-10(14(20)21)8-11-4-5-12-13(9-11)19-15(18-12)16(17)6-2-3-7-16/h4-5,8-9H,2-3,6-7,17H2,1H3,(H,18,19)(H,20,21). The Hall–Kier alpha value is -2.14. The van der Waals surface area contributed by atoms with Gasteiger partial charge in [-0.05, 0) is 43.5 Å². The molecule has 0 spiro atoms. The van der Waals surface area contributed by atoms with Gasteiger partial charge in [-0.15, -0.1) is 0 Å². The van der Waals surface area contributed by atoms with Crippen LogP contribution in [0.25, 0.3) is 17.1 Å². The lowest BCUT2D eigenvalue weighted by atomic mass is 9.99. The molecule has 1 heterocycles. The van der Waals surface area contributed by atoms with Crippen molar-refractivity contribution >= 4 is 23.1 Å². The highest BCUT2D eigenvalue weighted by atomic mass is 16.4. The van der Waals surface area contributed by atoms with Gasteiger partial charge in [-0.2, -0.15) is 0 Å². The fraction of sp³-hybridized carbons (Fsp3) is 0.375. The quantitative estimate of drug-likeness (QED) is 0.756. The lowest BCUT2D eigenvalue weighted by molar-refractivity contribution is -0.132. The second-order valence-electron chi connectivity index (χ2n) is 5.86. The Labute approximate surface area is 122 Å². The topological polar surface area (TPSA) is 92.0 Å². The van der Waals surface area contributed by atoms with Crippen molar-refractivity contribution in [3.63, 3.8) is 0 Å². The van der Waals surface area contributed by atoms with E-state index in [0.29, 0.717) is 5.57 Å². The zero-order valence-electron chi connectivity index (χ0n) is 12.0. The Morgan fingerprint density at radius 1 is 1.43 bits per heavy atom. The number of H-pyrrole nitrogens is 1. The highest BCUT2D eigenvalue weighted by Gasteiger charge is 2.34. The SMILES string of the molecule is CC(=Cc1ccc2[nH]c(C3(N)CCCC3)nc2c1)C(=O)O. The third-order valence-corrected chi connectivity index (χ3v) is 4.20. The number of carbonyl (C=O) groups is 1. The average molecular weight is 285 g/mol. The molecule has 21 heavy (non-hydrogen) atoms. The van der Waals surface area contributed by atoms with Crippen LogP contribution in [0.5, 0.6) is 0 Å². The molecule has 2 aromatic rings. The molecular formula is C16H19N3O2. The molecular weight excluding hydrogens is 266 g/mol. The van der Waals surface area contributed by atoms with Crippen molar-refractivity contribution in [2.75, 3.05) is 0 Å². The van der Waals surface area contributed by atoms with Crippen molar-refractivity contribution in [3.8, 4) is 0 Å². The molecule has 1 aromatic carbocycles. The Bertz CT molecular complexity index is 724. The van der Waals surface area contributed by atoms with Gasteiger partial charge in [0.05, 0.1) is 16.6 Å². The van der Waals surface area contributed by atoms with E-state index in [-0.39, 0.29) is 5.54 Å². The van der Waals surface area contributed by atoms with E-state index < -0.39 is 5.97 Å². The summed E-state index contributed by atoms with van der Waals surface area (Å²) in [7, 11) is 0. The molecule has 1 fully saturated rings. The number of rotatable bonds is 3. The number of hydrogen-bond acceptors (Lipinski definition) is 3. The van der Waals surface area contributed by atoms with Crippen LogP contribution >= 0.6 is 0 Å². The molecule has 1 aromatic heterocycles. The first-order valence-corrected chi connectivity index (χ1v) is 7.19. The summed E-state index contributed by atoms with van der Waals surface area (Å²) in [5, 5.41) is 8.93. The molecule has 1 saturated carbocycles. The molecule has 1 aliphatic rings. The minimum absolute atomic E-state index is 0.302. The Morgan fingerprint density at radius 2 is 2.14 bits per heavy atom. The maximum atomic E-state index is 10.9. The lowest BCUT2D eigenvalue weighted by Crippen LogP contribution is -2.34. The number of nitrogens with one attached hydrogen (secondary N) is 1. The minimum atomic E-state index is -0.912. The van der Waals surface area contributed by atoms with Gasteiger partial charge < -0.3 is 15.8 Å². The largest absolute Gasteiger partial charge is 0.478 e. The smallest absolute Gasteiger partial charge is 0.331 e. The number of carboxylic acids is 1. The normalized spacial score (nSPS) is 18.3. The van der Waals surface area contributed by atoms with E-state index >= 15 is 0 Å². The lowest BCUT2D eigenvalue weighted by Gasteiger charge is -2.19. The molecule has 110 valence electrons. The molecule has 0 atom stereocenters. The number of benzene rings is 1. The van der Waals surface area contributed by atoms with Crippen LogP contribution in [0.4, 0.5) is 0 Å². The summed E-state index contributed by atoms with van der Waals surface area (Å²) < 4.78 is 0. The van der Waals surface area contributed by atoms with Crippen LogP contribution < -0.4 is 5.73 Å². The molecule has 0 bridgehead atoms. The molecule has 0 unspecified atom stereocenters. The van der Waals surface area contributed by atoms with Crippen molar-refractivity contribution in [3.05, 3.63) is 35.2 Å². The van der Waals surface area contributed by atoms with Crippen LogP contribution in [0, 0.1) is 0 Å². The average Bonchev–Trinajstić information content (AvgIpc) is 3.05. The van der Waals surface area contributed by atoms with E-state index in [1.165, 1.54) is 0 Å². The Kier molecular flexibility index (Phi) is 3.29. The zero-order chi connectivity index (χ0) is 15.0. The number of hydrogen-bond donors (Lipinski definition) is 3. The monoisotopic (exact) mass is 285 g/mol. The van der Waals surface area contributed by atoms with Gasteiger partial charge in [0.2, 0.25) is 0 Å². The number of carboxylic acid groups (broad SMARTS) is 1. The van der Waals surface area contributed by atoms with Crippen LogP contribution in [0.1, 0.15) is 44.0 Å². The first-order chi connectivity index (χ1) is 9.98. The minimum Gasteiger partial charge on any atom is -0.478 e. The van der Waals surface area contributed by atoms with Crippen molar-refractivity contribution < 1.29 is 9.90 Å². The molecule has 1 aliphatic carbocycles.